The van der Waals surface area contributed by atoms with E-state index in [0.717, 1.165) is 43.8 Å². The molecule has 1 fully saturated rings. The molecule has 1 amide bonds. The summed E-state index contributed by atoms with van der Waals surface area (Å²) in [5.41, 5.74) is 1.51. The van der Waals surface area contributed by atoms with Crippen LogP contribution < -0.4 is 5.32 Å². The van der Waals surface area contributed by atoms with Crippen molar-refractivity contribution < 1.29 is 9.53 Å². The van der Waals surface area contributed by atoms with Crippen molar-refractivity contribution in [3.63, 3.8) is 0 Å². The molecule has 0 saturated carbocycles. The summed E-state index contributed by atoms with van der Waals surface area (Å²) < 4.78 is 5.30. The van der Waals surface area contributed by atoms with Crippen molar-refractivity contribution in [2.24, 2.45) is 0 Å². The average Bonchev–Trinajstić information content (AvgIpc) is 2.55. The minimum Gasteiger partial charge on any atom is -0.379 e. The van der Waals surface area contributed by atoms with Crippen LogP contribution in [0.5, 0.6) is 0 Å². The maximum absolute atomic E-state index is 12.1. The van der Waals surface area contributed by atoms with E-state index in [1.807, 2.05) is 30.3 Å². The molecule has 1 aliphatic rings. The number of morpholine rings is 1. The van der Waals surface area contributed by atoms with Gasteiger partial charge < -0.3 is 10.1 Å². The van der Waals surface area contributed by atoms with Crippen LogP contribution in [-0.4, -0.2) is 55.2 Å². The molecule has 1 aliphatic heterocycles. The van der Waals surface area contributed by atoms with E-state index < -0.39 is 0 Å². The summed E-state index contributed by atoms with van der Waals surface area (Å²) in [5, 5.41) is 3.93. The molecule has 0 spiro atoms. The van der Waals surface area contributed by atoms with Gasteiger partial charge in [-0.1, -0.05) is 18.2 Å². The third kappa shape index (κ3) is 3.56. The van der Waals surface area contributed by atoms with Crippen LogP contribution in [0.15, 0.2) is 36.5 Å². The number of carbonyl (C=O) groups excluding carboxylic acids is 1. The molecule has 3 rings (SSSR count). The standard InChI is InChI=1S/C16H19N3O2/c20-16(17-5-6-19-7-9-21-10-8-19)14-11-13-3-1-2-4-15(13)18-12-14/h1-4,11-12H,5-10H2,(H,17,20). The van der Waals surface area contributed by atoms with Gasteiger partial charge in [0.2, 0.25) is 0 Å². The summed E-state index contributed by atoms with van der Waals surface area (Å²) in [4.78, 5) is 18.7. The molecule has 2 aromatic rings. The summed E-state index contributed by atoms with van der Waals surface area (Å²) in [7, 11) is 0. The summed E-state index contributed by atoms with van der Waals surface area (Å²) in [6, 6.07) is 9.68. The van der Waals surface area contributed by atoms with Crippen molar-refractivity contribution in [2.45, 2.75) is 0 Å². The molecule has 0 aliphatic carbocycles. The van der Waals surface area contributed by atoms with E-state index in [9.17, 15) is 4.79 Å². The normalized spacial score (nSPS) is 16.0. The monoisotopic (exact) mass is 285 g/mol. The first-order valence-electron chi connectivity index (χ1n) is 7.26. The van der Waals surface area contributed by atoms with E-state index >= 15 is 0 Å². The number of amides is 1. The topological polar surface area (TPSA) is 54.5 Å². The number of benzene rings is 1. The molecule has 0 radical (unpaired) electrons. The fourth-order valence-electron chi connectivity index (χ4n) is 2.45. The zero-order valence-electron chi connectivity index (χ0n) is 11.9. The van der Waals surface area contributed by atoms with Gasteiger partial charge in [-0.15, -0.1) is 0 Å². The van der Waals surface area contributed by atoms with Gasteiger partial charge in [0.05, 0.1) is 24.3 Å². The first-order chi connectivity index (χ1) is 10.3. The highest BCUT2D eigenvalue weighted by Gasteiger charge is 2.11. The Hall–Kier alpha value is -1.98. The van der Waals surface area contributed by atoms with Gasteiger partial charge in [-0.2, -0.15) is 0 Å². The molecule has 0 atom stereocenters. The van der Waals surface area contributed by atoms with Gasteiger partial charge in [0, 0.05) is 37.8 Å². The van der Waals surface area contributed by atoms with Crippen LogP contribution in [0.1, 0.15) is 10.4 Å². The van der Waals surface area contributed by atoms with E-state index in [4.69, 9.17) is 4.74 Å². The van der Waals surface area contributed by atoms with Gasteiger partial charge in [0.1, 0.15) is 0 Å². The Morgan fingerprint density at radius 1 is 1.29 bits per heavy atom. The number of nitrogens with zero attached hydrogens (tertiary/aromatic N) is 2. The number of ether oxygens (including phenoxy) is 1. The quantitative estimate of drug-likeness (QED) is 0.920. The first-order valence-corrected chi connectivity index (χ1v) is 7.26. The van der Waals surface area contributed by atoms with Crippen LogP contribution in [0.2, 0.25) is 0 Å². The van der Waals surface area contributed by atoms with Gasteiger partial charge in [0.25, 0.3) is 5.91 Å². The van der Waals surface area contributed by atoms with Gasteiger partial charge in [0.15, 0.2) is 0 Å². The summed E-state index contributed by atoms with van der Waals surface area (Å²) >= 11 is 0. The second kappa shape index (κ2) is 6.65. The van der Waals surface area contributed by atoms with Crippen LogP contribution in [0.3, 0.4) is 0 Å². The highest BCUT2D eigenvalue weighted by molar-refractivity contribution is 5.97. The molecule has 21 heavy (non-hydrogen) atoms. The number of rotatable bonds is 4. The highest BCUT2D eigenvalue weighted by atomic mass is 16.5. The molecule has 1 aromatic heterocycles. The van der Waals surface area contributed by atoms with E-state index in [0.29, 0.717) is 12.1 Å². The lowest BCUT2D eigenvalue weighted by Crippen LogP contribution is -2.41. The van der Waals surface area contributed by atoms with Crippen molar-refractivity contribution in [2.75, 3.05) is 39.4 Å². The number of hydrogen-bond donors (Lipinski definition) is 1. The highest BCUT2D eigenvalue weighted by Crippen LogP contribution is 2.12. The van der Waals surface area contributed by atoms with Crippen LogP contribution in [0.4, 0.5) is 0 Å². The maximum Gasteiger partial charge on any atom is 0.252 e. The number of pyridine rings is 1. The molecule has 0 unspecified atom stereocenters. The summed E-state index contributed by atoms with van der Waals surface area (Å²) in [6.07, 6.45) is 1.63. The minimum atomic E-state index is -0.0680. The number of aromatic nitrogens is 1. The summed E-state index contributed by atoms with van der Waals surface area (Å²) in [6.45, 7) is 4.94. The maximum atomic E-state index is 12.1. The smallest absolute Gasteiger partial charge is 0.252 e. The first kappa shape index (κ1) is 14.0. The fraction of sp³-hybridized carbons (Fsp3) is 0.375. The third-order valence-electron chi connectivity index (χ3n) is 3.67. The molecular formula is C16H19N3O2. The lowest BCUT2D eigenvalue weighted by molar-refractivity contribution is 0.0383. The van der Waals surface area contributed by atoms with Crippen molar-refractivity contribution >= 4 is 16.8 Å². The van der Waals surface area contributed by atoms with Crippen molar-refractivity contribution in [3.05, 3.63) is 42.1 Å². The molecule has 1 aromatic carbocycles. The zero-order chi connectivity index (χ0) is 14.5. The second-order valence-corrected chi connectivity index (χ2v) is 5.13. The van der Waals surface area contributed by atoms with Crippen molar-refractivity contribution in [1.29, 1.82) is 0 Å². The van der Waals surface area contributed by atoms with Crippen LogP contribution >= 0.6 is 0 Å². The molecule has 0 bridgehead atoms. The Balaban J connectivity index is 1.56. The van der Waals surface area contributed by atoms with Crippen molar-refractivity contribution in [3.8, 4) is 0 Å². The predicted molar refractivity (Wildman–Crippen MR) is 81.3 cm³/mol. The fourth-order valence-corrected chi connectivity index (χ4v) is 2.45. The lowest BCUT2D eigenvalue weighted by Gasteiger charge is -2.26. The number of fused-ring (bicyclic) bond motifs is 1. The lowest BCUT2D eigenvalue weighted by atomic mass is 10.1. The Morgan fingerprint density at radius 3 is 2.95 bits per heavy atom. The van der Waals surface area contributed by atoms with Crippen LogP contribution in [0, 0.1) is 0 Å². The Bertz CT molecular complexity index is 624. The zero-order valence-corrected chi connectivity index (χ0v) is 11.9. The number of hydrogen-bond acceptors (Lipinski definition) is 4. The number of carbonyl (C=O) groups is 1. The van der Waals surface area contributed by atoms with E-state index in [1.54, 1.807) is 6.20 Å². The molecular weight excluding hydrogens is 266 g/mol. The number of nitrogens with one attached hydrogen (secondary N) is 1. The van der Waals surface area contributed by atoms with E-state index in [-0.39, 0.29) is 5.91 Å². The van der Waals surface area contributed by atoms with Gasteiger partial charge >= 0.3 is 0 Å². The van der Waals surface area contributed by atoms with Crippen LogP contribution in [-0.2, 0) is 4.74 Å². The molecule has 5 nitrogen and oxygen atoms in total. The SMILES string of the molecule is O=C(NCCN1CCOCC1)c1cnc2ccccc2c1. The third-order valence-corrected chi connectivity index (χ3v) is 3.67. The average molecular weight is 285 g/mol. The largest absolute Gasteiger partial charge is 0.379 e. The van der Waals surface area contributed by atoms with E-state index in [1.165, 1.54) is 0 Å². The Morgan fingerprint density at radius 2 is 2.10 bits per heavy atom. The van der Waals surface area contributed by atoms with Gasteiger partial charge in [-0.3, -0.25) is 14.7 Å². The van der Waals surface area contributed by atoms with Crippen LogP contribution in [0.25, 0.3) is 10.9 Å². The molecule has 1 saturated heterocycles. The molecule has 110 valence electrons. The van der Waals surface area contributed by atoms with Gasteiger partial charge in [-0.25, -0.2) is 0 Å². The minimum absolute atomic E-state index is 0.0680. The van der Waals surface area contributed by atoms with E-state index in [2.05, 4.69) is 15.2 Å². The second-order valence-electron chi connectivity index (χ2n) is 5.13. The Labute approximate surface area is 123 Å². The predicted octanol–water partition coefficient (Wildman–Crippen LogP) is 1.30. The van der Waals surface area contributed by atoms with Gasteiger partial charge in [-0.05, 0) is 12.1 Å². The molecule has 5 heteroatoms. The Kier molecular flexibility index (Phi) is 4.43. The van der Waals surface area contributed by atoms with Crippen molar-refractivity contribution in [1.82, 2.24) is 15.2 Å². The summed E-state index contributed by atoms with van der Waals surface area (Å²) in [5.74, 6) is -0.0680. The number of para-hydroxylation sites is 1. The molecule has 1 N–H and O–H groups in total. The molecule has 2 heterocycles.